The maximum Gasteiger partial charge on any atom is 0.258 e. The average Bonchev–Trinajstić information content (AvgIpc) is 2.59. The van der Waals surface area contributed by atoms with E-state index >= 15 is 0 Å². The third-order valence-corrected chi connectivity index (χ3v) is 3.90. The summed E-state index contributed by atoms with van der Waals surface area (Å²) < 4.78 is 5.36. The Labute approximate surface area is 147 Å². The molecule has 2 N–H and O–H groups in total. The summed E-state index contributed by atoms with van der Waals surface area (Å²) in [5, 5.41) is 13.7. The summed E-state index contributed by atoms with van der Waals surface area (Å²) in [7, 11) is 0. The van der Waals surface area contributed by atoms with Crippen molar-refractivity contribution in [3.05, 3.63) is 65.2 Å². The Kier molecular flexibility index (Phi) is 6.64. The van der Waals surface area contributed by atoms with Crippen LogP contribution in [0.2, 0.25) is 5.02 Å². The predicted molar refractivity (Wildman–Crippen MR) is 95.3 cm³/mol. The van der Waals surface area contributed by atoms with Crippen LogP contribution in [0.3, 0.4) is 0 Å². The lowest BCUT2D eigenvalue weighted by molar-refractivity contribution is -0.124. The number of hydrogen-bond donors (Lipinski definition) is 2. The Bertz CT molecular complexity index is 641. The molecule has 5 heteroatoms. The zero-order chi connectivity index (χ0) is 17.4. The van der Waals surface area contributed by atoms with Crippen LogP contribution in [-0.4, -0.2) is 29.8 Å². The zero-order valence-electron chi connectivity index (χ0n) is 13.7. The number of aliphatic hydroxyl groups is 1. The highest BCUT2D eigenvalue weighted by Crippen LogP contribution is 2.15. The third kappa shape index (κ3) is 6.60. The second-order valence-corrected chi connectivity index (χ2v) is 6.44. The van der Waals surface area contributed by atoms with E-state index in [1.54, 1.807) is 31.2 Å². The Morgan fingerprint density at radius 1 is 1.17 bits per heavy atom. The summed E-state index contributed by atoms with van der Waals surface area (Å²) in [6, 6.07) is 16.7. The fourth-order valence-corrected chi connectivity index (χ4v) is 2.29. The van der Waals surface area contributed by atoms with Gasteiger partial charge in [0.25, 0.3) is 5.91 Å². The van der Waals surface area contributed by atoms with E-state index in [2.05, 4.69) is 5.32 Å². The summed E-state index contributed by atoms with van der Waals surface area (Å²) in [5.74, 6) is 0.301. The lowest BCUT2D eigenvalue weighted by atomic mass is 9.97. The molecule has 0 heterocycles. The van der Waals surface area contributed by atoms with Crippen LogP contribution >= 0.6 is 11.6 Å². The molecule has 4 nitrogen and oxygen atoms in total. The fraction of sp³-hybridized carbons (Fsp3) is 0.316. The number of hydrogen-bond acceptors (Lipinski definition) is 3. The number of halogens is 1. The van der Waals surface area contributed by atoms with Crippen molar-refractivity contribution in [2.45, 2.75) is 25.4 Å². The first-order valence-electron chi connectivity index (χ1n) is 7.86. The van der Waals surface area contributed by atoms with Crippen LogP contribution in [0.25, 0.3) is 0 Å². The maximum atomic E-state index is 11.8. The minimum atomic E-state index is -0.966. The summed E-state index contributed by atoms with van der Waals surface area (Å²) in [5.41, 5.74) is 0.196. The van der Waals surface area contributed by atoms with Gasteiger partial charge in [0, 0.05) is 11.6 Å². The van der Waals surface area contributed by atoms with Gasteiger partial charge in [-0.15, -0.1) is 0 Å². The number of ether oxygens (including phenoxy) is 1. The number of amides is 1. The van der Waals surface area contributed by atoms with Crippen molar-refractivity contribution < 1.29 is 14.6 Å². The van der Waals surface area contributed by atoms with E-state index in [1.165, 1.54) is 0 Å². The number of benzene rings is 2. The van der Waals surface area contributed by atoms with E-state index in [0.717, 1.165) is 12.0 Å². The number of nitrogens with one attached hydrogen (secondary N) is 1. The molecule has 0 fully saturated rings. The normalized spacial score (nSPS) is 13.1. The summed E-state index contributed by atoms with van der Waals surface area (Å²) in [6.07, 6.45) is 1.32. The molecular weight excluding hydrogens is 326 g/mol. The van der Waals surface area contributed by atoms with E-state index in [0.29, 0.717) is 17.2 Å². The molecule has 0 aliphatic rings. The molecule has 0 aliphatic heterocycles. The lowest BCUT2D eigenvalue weighted by Gasteiger charge is -2.23. The van der Waals surface area contributed by atoms with Gasteiger partial charge in [-0.2, -0.15) is 0 Å². The first kappa shape index (κ1) is 18.3. The third-order valence-electron chi connectivity index (χ3n) is 3.65. The molecule has 24 heavy (non-hydrogen) atoms. The molecule has 2 aromatic carbocycles. The van der Waals surface area contributed by atoms with Crippen LogP contribution in [0.4, 0.5) is 0 Å². The predicted octanol–water partition coefficient (Wildman–Crippen LogP) is 3.22. The highest BCUT2D eigenvalue weighted by molar-refractivity contribution is 6.30. The van der Waals surface area contributed by atoms with Crippen molar-refractivity contribution in [2.24, 2.45) is 0 Å². The Morgan fingerprint density at radius 2 is 1.83 bits per heavy atom. The van der Waals surface area contributed by atoms with Gasteiger partial charge in [-0.25, -0.2) is 0 Å². The molecule has 0 saturated carbocycles. The van der Waals surface area contributed by atoms with Crippen LogP contribution in [0.1, 0.15) is 18.9 Å². The average molecular weight is 348 g/mol. The highest BCUT2D eigenvalue weighted by Gasteiger charge is 2.21. The molecule has 0 spiro atoms. The van der Waals surface area contributed by atoms with Crippen molar-refractivity contribution in [2.75, 3.05) is 13.2 Å². The second kappa shape index (κ2) is 8.71. The molecule has 1 amide bonds. The standard InChI is InChI=1S/C19H22ClNO3/c1-19(23,12-11-15-5-3-2-4-6-15)14-21-18(22)13-24-17-9-7-16(20)8-10-17/h2-10,23H,11-14H2,1H3,(H,21,22). The van der Waals surface area contributed by atoms with Gasteiger partial charge in [0.1, 0.15) is 5.75 Å². The van der Waals surface area contributed by atoms with Gasteiger partial charge in [-0.3, -0.25) is 4.79 Å². The molecule has 2 rings (SSSR count). The first-order valence-corrected chi connectivity index (χ1v) is 8.24. The minimum absolute atomic E-state index is 0.101. The number of carbonyl (C=O) groups excluding carboxylic acids is 1. The van der Waals surface area contributed by atoms with E-state index in [9.17, 15) is 9.90 Å². The molecule has 0 aliphatic carbocycles. The van der Waals surface area contributed by atoms with Crippen molar-refractivity contribution in [1.29, 1.82) is 0 Å². The van der Waals surface area contributed by atoms with Gasteiger partial charge < -0.3 is 15.2 Å². The van der Waals surface area contributed by atoms with E-state index in [1.807, 2.05) is 30.3 Å². The molecule has 0 saturated heterocycles. The molecule has 0 bridgehead atoms. The molecule has 2 aromatic rings. The topological polar surface area (TPSA) is 58.6 Å². The van der Waals surface area contributed by atoms with Crippen LogP contribution in [0, 0.1) is 0 Å². The summed E-state index contributed by atoms with van der Waals surface area (Å²) in [4.78, 5) is 11.8. The number of carbonyl (C=O) groups is 1. The van der Waals surface area contributed by atoms with E-state index < -0.39 is 5.60 Å². The Balaban J connectivity index is 1.70. The lowest BCUT2D eigenvalue weighted by Crippen LogP contribution is -2.42. The highest BCUT2D eigenvalue weighted by atomic mass is 35.5. The van der Waals surface area contributed by atoms with Gasteiger partial charge in [0.2, 0.25) is 0 Å². The molecule has 128 valence electrons. The second-order valence-electron chi connectivity index (χ2n) is 6.00. The maximum absolute atomic E-state index is 11.8. The number of aryl methyl sites for hydroxylation is 1. The Morgan fingerprint density at radius 3 is 2.50 bits per heavy atom. The SMILES string of the molecule is CC(O)(CCc1ccccc1)CNC(=O)COc1ccc(Cl)cc1. The number of rotatable bonds is 8. The van der Waals surface area contributed by atoms with Gasteiger partial charge in [-0.05, 0) is 49.6 Å². The van der Waals surface area contributed by atoms with Crippen LogP contribution in [0.5, 0.6) is 5.75 Å². The van der Waals surface area contributed by atoms with Gasteiger partial charge in [-0.1, -0.05) is 41.9 Å². The largest absolute Gasteiger partial charge is 0.484 e. The molecule has 0 aromatic heterocycles. The minimum Gasteiger partial charge on any atom is -0.484 e. The van der Waals surface area contributed by atoms with Gasteiger partial charge in [0.05, 0.1) is 5.60 Å². The molecule has 1 unspecified atom stereocenters. The van der Waals surface area contributed by atoms with Crippen molar-refractivity contribution in [3.63, 3.8) is 0 Å². The summed E-state index contributed by atoms with van der Waals surface area (Å²) >= 11 is 5.79. The van der Waals surface area contributed by atoms with Crippen LogP contribution in [-0.2, 0) is 11.2 Å². The van der Waals surface area contributed by atoms with Gasteiger partial charge >= 0.3 is 0 Å². The quantitative estimate of drug-likeness (QED) is 0.770. The van der Waals surface area contributed by atoms with Crippen molar-refractivity contribution >= 4 is 17.5 Å². The molecule has 1 atom stereocenters. The van der Waals surface area contributed by atoms with Crippen molar-refractivity contribution in [1.82, 2.24) is 5.32 Å². The summed E-state index contributed by atoms with van der Waals surface area (Å²) in [6.45, 7) is 1.80. The smallest absolute Gasteiger partial charge is 0.258 e. The van der Waals surface area contributed by atoms with E-state index in [4.69, 9.17) is 16.3 Å². The zero-order valence-corrected chi connectivity index (χ0v) is 14.4. The van der Waals surface area contributed by atoms with Crippen LogP contribution in [0.15, 0.2) is 54.6 Å². The van der Waals surface area contributed by atoms with Gasteiger partial charge in [0.15, 0.2) is 6.61 Å². The first-order chi connectivity index (χ1) is 11.4. The molecule has 0 radical (unpaired) electrons. The molecular formula is C19H22ClNO3. The van der Waals surface area contributed by atoms with Crippen molar-refractivity contribution in [3.8, 4) is 5.75 Å². The monoisotopic (exact) mass is 347 g/mol. The Hall–Kier alpha value is -2.04. The van der Waals surface area contributed by atoms with E-state index in [-0.39, 0.29) is 19.1 Å². The fourth-order valence-electron chi connectivity index (χ4n) is 2.17. The van der Waals surface area contributed by atoms with Crippen LogP contribution < -0.4 is 10.1 Å².